The van der Waals surface area contributed by atoms with Gasteiger partial charge in [0.15, 0.2) is 5.43 Å². The normalized spacial score (nSPS) is 10.2. The maximum atomic E-state index is 11.6. The fraction of sp³-hybridized carbons (Fsp3) is 0. The van der Waals surface area contributed by atoms with Crippen molar-refractivity contribution >= 4 is 34.1 Å². The van der Waals surface area contributed by atoms with E-state index in [4.69, 9.17) is 28.5 Å². The summed E-state index contributed by atoms with van der Waals surface area (Å²) < 4.78 is 0. The highest BCUT2D eigenvalue weighted by Crippen LogP contribution is 2.25. The van der Waals surface area contributed by atoms with Gasteiger partial charge in [0.05, 0.1) is 20.9 Å². The highest BCUT2D eigenvalue weighted by molar-refractivity contribution is 6.39. The molecule has 15 heavy (non-hydrogen) atoms. The van der Waals surface area contributed by atoms with Crippen LogP contribution in [-0.2, 0) is 0 Å². The van der Waals surface area contributed by atoms with Gasteiger partial charge in [-0.05, 0) is 12.1 Å². The zero-order valence-electron chi connectivity index (χ0n) is 7.34. The molecular formula is C10H4Cl2N2O. The molecule has 0 amide bonds. The van der Waals surface area contributed by atoms with Gasteiger partial charge in [0, 0.05) is 6.07 Å². The van der Waals surface area contributed by atoms with Gasteiger partial charge in [0.25, 0.3) is 0 Å². The smallest absolute Gasteiger partial charge is 0.192 e. The predicted molar refractivity (Wildman–Crippen MR) is 59.3 cm³/mol. The summed E-state index contributed by atoms with van der Waals surface area (Å²) in [5.41, 5.74) is 0.248. The van der Waals surface area contributed by atoms with Crippen LogP contribution in [0.25, 0.3) is 10.9 Å². The minimum Gasteiger partial charge on any atom is -0.345 e. The Morgan fingerprint density at radius 3 is 2.60 bits per heavy atom. The van der Waals surface area contributed by atoms with Gasteiger partial charge >= 0.3 is 0 Å². The fourth-order valence-electron chi connectivity index (χ4n) is 1.35. The van der Waals surface area contributed by atoms with Crippen molar-refractivity contribution in [3.63, 3.8) is 0 Å². The number of benzene rings is 1. The van der Waals surface area contributed by atoms with Crippen LogP contribution < -0.4 is 5.43 Å². The van der Waals surface area contributed by atoms with Gasteiger partial charge < -0.3 is 4.98 Å². The van der Waals surface area contributed by atoms with Crippen molar-refractivity contribution in [1.29, 1.82) is 5.26 Å². The summed E-state index contributed by atoms with van der Waals surface area (Å²) in [5.74, 6) is 0. The summed E-state index contributed by atoms with van der Waals surface area (Å²) >= 11 is 11.8. The number of nitrogens with one attached hydrogen (secondary N) is 1. The first-order valence-corrected chi connectivity index (χ1v) is 4.80. The molecule has 74 valence electrons. The van der Waals surface area contributed by atoms with Crippen molar-refractivity contribution < 1.29 is 0 Å². The summed E-state index contributed by atoms with van der Waals surface area (Å²) in [5, 5.41) is 9.68. The summed E-state index contributed by atoms with van der Waals surface area (Å²) in [4.78, 5) is 14.4. The van der Waals surface area contributed by atoms with E-state index in [1.807, 2.05) is 6.07 Å². The van der Waals surface area contributed by atoms with Crippen LogP contribution in [0.3, 0.4) is 0 Å². The average molecular weight is 239 g/mol. The molecule has 0 unspecified atom stereocenters. The second kappa shape index (κ2) is 3.58. The van der Waals surface area contributed by atoms with Crippen LogP contribution in [0, 0.1) is 11.3 Å². The Morgan fingerprint density at radius 2 is 1.93 bits per heavy atom. The van der Waals surface area contributed by atoms with Crippen LogP contribution in [0.1, 0.15) is 5.69 Å². The predicted octanol–water partition coefficient (Wildman–Crippen LogP) is 2.71. The summed E-state index contributed by atoms with van der Waals surface area (Å²) in [6.45, 7) is 0. The molecule has 0 saturated carbocycles. The van der Waals surface area contributed by atoms with Gasteiger partial charge in [-0.1, -0.05) is 23.2 Å². The van der Waals surface area contributed by atoms with Gasteiger partial charge in [0.1, 0.15) is 11.8 Å². The number of rotatable bonds is 0. The monoisotopic (exact) mass is 238 g/mol. The van der Waals surface area contributed by atoms with E-state index >= 15 is 0 Å². The van der Waals surface area contributed by atoms with Crippen molar-refractivity contribution in [1.82, 2.24) is 4.98 Å². The Labute approximate surface area is 94.9 Å². The molecule has 3 nitrogen and oxygen atoms in total. The molecule has 0 aliphatic carbocycles. The number of halogens is 2. The fourth-order valence-corrected chi connectivity index (χ4v) is 1.80. The lowest BCUT2D eigenvalue weighted by molar-refractivity contribution is 1.31. The largest absolute Gasteiger partial charge is 0.345 e. The summed E-state index contributed by atoms with van der Waals surface area (Å²) in [7, 11) is 0. The maximum absolute atomic E-state index is 11.6. The number of fused-ring (bicyclic) bond motifs is 1. The van der Waals surface area contributed by atoms with Crippen LogP contribution in [-0.4, -0.2) is 4.98 Å². The van der Waals surface area contributed by atoms with Crippen molar-refractivity contribution in [2.24, 2.45) is 0 Å². The quantitative estimate of drug-likeness (QED) is 0.768. The third-order valence-corrected chi connectivity index (χ3v) is 2.64. The molecule has 5 heteroatoms. The first-order valence-electron chi connectivity index (χ1n) is 4.04. The second-order valence-electron chi connectivity index (χ2n) is 2.94. The molecule has 1 N–H and O–H groups in total. The molecule has 0 aliphatic heterocycles. The molecule has 0 bridgehead atoms. The van der Waals surface area contributed by atoms with Crippen LogP contribution in [0.4, 0.5) is 0 Å². The van der Waals surface area contributed by atoms with E-state index in [0.29, 0.717) is 20.9 Å². The molecule has 0 spiro atoms. The molecule has 0 saturated heterocycles. The van der Waals surface area contributed by atoms with Crippen LogP contribution >= 0.6 is 23.2 Å². The van der Waals surface area contributed by atoms with Gasteiger partial charge in [-0.15, -0.1) is 0 Å². The molecule has 0 radical (unpaired) electrons. The number of H-pyrrole nitrogens is 1. The zero-order valence-corrected chi connectivity index (χ0v) is 8.86. The molecule has 1 aromatic heterocycles. The molecule has 0 aliphatic rings. The topological polar surface area (TPSA) is 56.6 Å². The van der Waals surface area contributed by atoms with Gasteiger partial charge in [-0.2, -0.15) is 5.26 Å². The lowest BCUT2D eigenvalue weighted by Gasteiger charge is -2.02. The highest BCUT2D eigenvalue weighted by atomic mass is 35.5. The van der Waals surface area contributed by atoms with Crippen molar-refractivity contribution in [2.75, 3.05) is 0 Å². The average Bonchev–Trinajstić information content (AvgIpc) is 2.23. The lowest BCUT2D eigenvalue weighted by atomic mass is 10.2. The van der Waals surface area contributed by atoms with E-state index in [9.17, 15) is 4.79 Å². The number of pyridine rings is 1. The zero-order chi connectivity index (χ0) is 11.0. The Kier molecular flexibility index (Phi) is 2.39. The van der Waals surface area contributed by atoms with E-state index in [-0.39, 0.29) is 11.1 Å². The SMILES string of the molecule is N#Cc1cc(=O)c2c(Cl)ccc(Cl)c2[nH]1. The number of nitriles is 1. The molecule has 1 heterocycles. The van der Waals surface area contributed by atoms with E-state index in [0.717, 1.165) is 0 Å². The van der Waals surface area contributed by atoms with E-state index < -0.39 is 0 Å². The Morgan fingerprint density at radius 1 is 1.27 bits per heavy atom. The Hall–Kier alpha value is -1.50. The Balaban J connectivity index is 3.05. The number of hydrogen-bond acceptors (Lipinski definition) is 2. The summed E-state index contributed by atoms with van der Waals surface area (Å²) in [6, 6.07) is 6.17. The molecule has 2 rings (SSSR count). The molecule has 1 aromatic carbocycles. The second-order valence-corrected chi connectivity index (χ2v) is 3.75. The number of aromatic amines is 1. The minimum atomic E-state index is -0.312. The van der Waals surface area contributed by atoms with Crippen LogP contribution in [0.5, 0.6) is 0 Å². The number of nitrogens with zero attached hydrogens (tertiary/aromatic N) is 1. The van der Waals surface area contributed by atoms with Crippen molar-refractivity contribution in [3.8, 4) is 6.07 Å². The number of hydrogen-bond donors (Lipinski definition) is 1. The first kappa shape index (κ1) is 10.0. The molecule has 2 aromatic rings. The van der Waals surface area contributed by atoms with Crippen molar-refractivity contribution in [2.45, 2.75) is 0 Å². The van der Waals surface area contributed by atoms with Crippen molar-refractivity contribution in [3.05, 3.63) is 44.2 Å². The Bertz CT molecular complexity index is 640. The summed E-state index contributed by atoms with van der Waals surface area (Å²) in [6.07, 6.45) is 0. The molecule has 0 fully saturated rings. The third-order valence-electron chi connectivity index (χ3n) is 2.01. The highest BCUT2D eigenvalue weighted by Gasteiger charge is 2.08. The number of aromatic nitrogens is 1. The maximum Gasteiger partial charge on any atom is 0.192 e. The standard InChI is InChI=1S/C10H4Cl2N2O/c11-6-1-2-7(12)10-9(6)8(15)3-5(4-13)14-10/h1-3H,(H,14,15). The van der Waals surface area contributed by atoms with Gasteiger partial charge in [-0.25, -0.2) is 0 Å². The van der Waals surface area contributed by atoms with Crippen LogP contribution in [0.2, 0.25) is 10.0 Å². The minimum absolute atomic E-state index is 0.164. The van der Waals surface area contributed by atoms with E-state index in [1.165, 1.54) is 6.07 Å². The lowest BCUT2D eigenvalue weighted by Crippen LogP contribution is -2.04. The van der Waals surface area contributed by atoms with Gasteiger partial charge in [-0.3, -0.25) is 4.79 Å². The van der Waals surface area contributed by atoms with E-state index in [1.54, 1.807) is 12.1 Å². The van der Waals surface area contributed by atoms with Gasteiger partial charge in [0.2, 0.25) is 0 Å². The van der Waals surface area contributed by atoms with E-state index in [2.05, 4.69) is 4.98 Å². The third kappa shape index (κ3) is 1.58. The first-order chi connectivity index (χ1) is 7.13. The van der Waals surface area contributed by atoms with Crippen LogP contribution in [0.15, 0.2) is 23.0 Å². The molecule has 0 atom stereocenters. The molecular weight excluding hydrogens is 235 g/mol.